The Kier molecular flexibility index (Phi) is 3.91. The molecule has 2 N–H and O–H groups in total. The molecule has 1 aliphatic carbocycles. The van der Waals surface area contributed by atoms with Crippen LogP contribution >= 0.6 is 11.3 Å². The van der Waals surface area contributed by atoms with Gasteiger partial charge in [-0.3, -0.25) is 4.79 Å². The van der Waals surface area contributed by atoms with Crippen LogP contribution in [0.1, 0.15) is 52.3 Å². The molecule has 0 aliphatic heterocycles. The topological polar surface area (TPSA) is 109 Å². The summed E-state index contributed by atoms with van der Waals surface area (Å²) < 4.78 is 5.69. The van der Waals surface area contributed by atoms with E-state index in [9.17, 15) is 9.90 Å². The summed E-state index contributed by atoms with van der Waals surface area (Å²) >= 11 is 1.23. The number of hydrogen-bond donors (Lipinski definition) is 1. The fraction of sp³-hybridized carbons (Fsp3) is 0.412. The molecular formula is C17H18N4O3S. The van der Waals surface area contributed by atoms with Crippen LogP contribution in [-0.2, 0) is 19.9 Å². The number of nitrogens with two attached hydrogens (primary N) is 1. The highest BCUT2D eigenvalue weighted by molar-refractivity contribution is 7.21. The van der Waals surface area contributed by atoms with Crippen LogP contribution in [0.25, 0.3) is 10.2 Å². The van der Waals surface area contributed by atoms with E-state index in [4.69, 9.17) is 10.7 Å². The van der Waals surface area contributed by atoms with Gasteiger partial charge in [0.2, 0.25) is 0 Å². The van der Waals surface area contributed by atoms with E-state index in [0.717, 1.165) is 46.3 Å². The predicted octanol–water partition coefficient (Wildman–Crippen LogP) is 1.65. The predicted molar refractivity (Wildman–Crippen MR) is 90.5 cm³/mol. The fourth-order valence-electron chi connectivity index (χ4n) is 3.34. The Morgan fingerprint density at radius 3 is 2.80 bits per heavy atom. The first kappa shape index (κ1) is 16.0. The van der Waals surface area contributed by atoms with Crippen LogP contribution in [0.2, 0.25) is 0 Å². The number of nitrogens with zero attached hydrogens (tertiary/aromatic N) is 3. The average molecular weight is 358 g/mol. The maximum absolute atomic E-state index is 12.8. The number of pyridine rings is 1. The van der Waals surface area contributed by atoms with E-state index in [1.165, 1.54) is 36.8 Å². The lowest BCUT2D eigenvalue weighted by Crippen LogP contribution is -2.37. The number of carbonyl (C=O) groups excluding carboxylic acids is 1. The number of nitrogen functional groups attached to an aromatic ring is 1. The van der Waals surface area contributed by atoms with Crippen LogP contribution in [0.15, 0.2) is 10.6 Å². The summed E-state index contributed by atoms with van der Waals surface area (Å²) in [6, 6.07) is 2.07. The van der Waals surface area contributed by atoms with Crippen molar-refractivity contribution in [2.24, 2.45) is 7.05 Å². The summed E-state index contributed by atoms with van der Waals surface area (Å²) in [6.45, 7) is 0. The molecule has 0 saturated carbocycles. The van der Waals surface area contributed by atoms with Crippen molar-refractivity contribution in [3.05, 3.63) is 27.9 Å². The van der Waals surface area contributed by atoms with E-state index in [-0.39, 0.29) is 5.69 Å². The molecule has 0 saturated heterocycles. The number of thiophene rings is 1. The largest absolute Gasteiger partial charge is 0.539 e. The molecule has 0 atom stereocenters. The molecule has 0 aromatic carbocycles. The molecule has 0 spiro atoms. The molecule has 8 heteroatoms. The first-order valence-corrected chi connectivity index (χ1v) is 9.16. The molecule has 3 heterocycles. The van der Waals surface area contributed by atoms with Crippen molar-refractivity contribution in [2.75, 3.05) is 5.73 Å². The molecule has 7 nitrogen and oxygen atoms in total. The van der Waals surface area contributed by atoms with Crippen LogP contribution in [0.3, 0.4) is 0 Å². The summed E-state index contributed by atoms with van der Waals surface area (Å²) in [5, 5.41) is 16.0. The monoisotopic (exact) mass is 358 g/mol. The molecular weight excluding hydrogens is 340 g/mol. The number of ketones is 1. The van der Waals surface area contributed by atoms with Crippen molar-refractivity contribution in [1.82, 2.24) is 10.3 Å². The molecule has 1 aliphatic rings. The second-order valence-electron chi connectivity index (χ2n) is 6.37. The molecule has 0 unspecified atom stereocenters. The van der Waals surface area contributed by atoms with Crippen molar-refractivity contribution in [3.8, 4) is 5.95 Å². The molecule has 4 rings (SSSR count). The maximum atomic E-state index is 12.8. The van der Waals surface area contributed by atoms with Gasteiger partial charge in [0.1, 0.15) is 9.71 Å². The zero-order valence-corrected chi connectivity index (χ0v) is 14.7. The minimum absolute atomic E-state index is 0.128. The van der Waals surface area contributed by atoms with E-state index in [1.54, 1.807) is 0 Å². The van der Waals surface area contributed by atoms with E-state index in [0.29, 0.717) is 10.6 Å². The van der Waals surface area contributed by atoms with Crippen LogP contribution in [-0.4, -0.2) is 16.0 Å². The Balaban J connectivity index is 1.83. The first-order valence-electron chi connectivity index (χ1n) is 8.34. The first-order chi connectivity index (χ1) is 12.1. The van der Waals surface area contributed by atoms with Crippen molar-refractivity contribution in [3.63, 3.8) is 0 Å². The lowest BCUT2D eigenvalue weighted by Gasteiger charge is -2.12. The Morgan fingerprint density at radius 2 is 2.08 bits per heavy atom. The van der Waals surface area contributed by atoms with Gasteiger partial charge in [-0.1, -0.05) is 17.5 Å². The highest BCUT2D eigenvalue weighted by atomic mass is 32.1. The number of hydrogen-bond acceptors (Lipinski definition) is 7. The third-order valence-corrected chi connectivity index (χ3v) is 5.80. The molecule has 130 valence electrons. The van der Waals surface area contributed by atoms with Crippen LogP contribution in [0.5, 0.6) is 5.95 Å². The zero-order chi connectivity index (χ0) is 17.6. The number of rotatable bonds is 2. The highest BCUT2D eigenvalue weighted by Gasteiger charge is 2.29. The van der Waals surface area contributed by atoms with E-state index in [2.05, 4.69) is 15.9 Å². The maximum Gasteiger partial charge on any atom is 0.305 e. The second-order valence-corrected chi connectivity index (χ2v) is 7.37. The molecule has 3 aromatic heterocycles. The lowest BCUT2D eigenvalue weighted by atomic mass is 9.96. The molecule has 0 radical (unpaired) electrons. The summed E-state index contributed by atoms with van der Waals surface area (Å²) in [5.74, 6) is -1.23. The van der Waals surface area contributed by atoms with E-state index < -0.39 is 11.7 Å². The Morgan fingerprint density at radius 1 is 1.32 bits per heavy atom. The van der Waals surface area contributed by atoms with Gasteiger partial charge < -0.3 is 15.4 Å². The molecule has 25 heavy (non-hydrogen) atoms. The second kappa shape index (κ2) is 6.11. The molecule has 0 bridgehead atoms. The summed E-state index contributed by atoms with van der Waals surface area (Å²) in [4.78, 5) is 18.6. The van der Waals surface area contributed by atoms with Gasteiger partial charge >= 0.3 is 5.69 Å². The molecule has 0 fully saturated rings. The Bertz CT molecular complexity index is 957. The van der Waals surface area contributed by atoms with Crippen LogP contribution in [0, 0.1) is 0 Å². The summed E-state index contributed by atoms with van der Waals surface area (Å²) in [6.07, 6.45) is 6.68. The highest BCUT2D eigenvalue weighted by Crippen LogP contribution is 2.36. The Hall–Kier alpha value is -2.48. The third-order valence-electron chi connectivity index (χ3n) is 4.68. The quantitative estimate of drug-likeness (QED) is 0.551. The van der Waals surface area contributed by atoms with Gasteiger partial charge in [0.05, 0.1) is 11.0 Å². The van der Waals surface area contributed by atoms with Crippen LogP contribution in [0.4, 0.5) is 5.69 Å². The normalized spacial score (nSPS) is 14.9. The van der Waals surface area contributed by atoms with Gasteiger partial charge in [-0.05, 0) is 37.3 Å². The third kappa shape index (κ3) is 2.66. The smallest absolute Gasteiger partial charge is 0.305 e. The number of carbonyl (C=O) groups is 1. The molecule has 3 aromatic rings. The number of anilines is 1. The van der Waals surface area contributed by atoms with Gasteiger partial charge in [0.25, 0.3) is 5.78 Å². The van der Waals surface area contributed by atoms with Crippen molar-refractivity contribution in [2.45, 2.75) is 38.5 Å². The van der Waals surface area contributed by atoms with E-state index >= 15 is 0 Å². The zero-order valence-electron chi connectivity index (χ0n) is 13.9. The average Bonchev–Trinajstić information content (AvgIpc) is 3.07. The minimum Gasteiger partial charge on any atom is -0.539 e. The fourth-order valence-corrected chi connectivity index (χ4v) is 4.38. The summed E-state index contributed by atoms with van der Waals surface area (Å²) in [7, 11) is 1.49. The number of aryl methyl sites for hydroxylation is 3. The van der Waals surface area contributed by atoms with Crippen molar-refractivity contribution >= 4 is 33.0 Å². The van der Waals surface area contributed by atoms with Gasteiger partial charge in [0.15, 0.2) is 13.0 Å². The number of fused-ring (bicyclic) bond motifs is 2. The van der Waals surface area contributed by atoms with Gasteiger partial charge in [0, 0.05) is 11.1 Å². The van der Waals surface area contributed by atoms with Gasteiger partial charge in [-0.25, -0.2) is 4.98 Å². The SMILES string of the molecule is C[n+]1noc([O-])c1C(=O)c1sc2nc3c(cc2c1N)CCCCCC3. The van der Waals surface area contributed by atoms with Gasteiger partial charge in [-0.2, -0.15) is 0 Å². The van der Waals surface area contributed by atoms with Crippen molar-refractivity contribution < 1.29 is 19.1 Å². The Labute approximate surface area is 148 Å². The van der Waals surface area contributed by atoms with Gasteiger partial charge in [-0.15, -0.1) is 11.3 Å². The molecule has 0 amide bonds. The minimum atomic E-state index is -0.760. The number of aromatic nitrogens is 3. The lowest BCUT2D eigenvalue weighted by molar-refractivity contribution is -0.741. The standard InChI is InChI=1S/C17H18N4O3S/c1-21-13(17(23)24-20-21)14(22)15-12(18)10-8-9-6-4-2-3-5-7-11(9)19-16(10)25-15/h8H,2-7H2,1H3,(H2-,18,20,22,23). The van der Waals surface area contributed by atoms with Crippen molar-refractivity contribution in [1.29, 1.82) is 0 Å². The van der Waals surface area contributed by atoms with Crippen LogP contribution < -0.4 is 15.5 Å². The van der Waals surface area contributed by atoms with E-state index in [1.807, 2.05) is 0 Å². The summed E-state index contributed by atoms with van der Waals surface area (Å²) in [5.41, 5.74) is 8.81.